The Balaban J connectivity index is 1.82. The molecule has 100 valence electrons. The van der Waals surface area contributed by atoms with Crippen molar-refractivity contribution in [1.29, 1.82) is 0 Å². The van der Waals surface area contributed by atoms with Gasteiger partial charge in [-0.15, -0.1) is 0 Å². The van der Waals surface area contributed by atoms with Crippen molar-refractivity contribution < 1.29 is 9.47 Å². The Morgan fingerprint density at radius 2 is 2.06 bits per heavy atom. The summed E-state index contributed by atoms with van der Waals surface area (Å²) in [6, 6.07) is 0.653. The smallest absolute Gasteiger partial charge is 0.147 e. The van der Waals surface area contributed by atoms with Crippen molar-refractivity contribution in [2.45, 2.75) is 44.2 Å². The van der Waals surface area contributed by atoms with Gasteiger partial charge in [0.15, 0.2) is 0 Å². The summed E-state index contributed by atoms with van der Waals surface area (Å²) in [6.45, 7) is 3.14. The van der Waals surface area contributed by atoms with Crippen LogP contribution < -0.4 is 5.73 Å². The molecule has 17 heavy (non-hydrogen) atoms. The van der Waals surface area contributed by atoms with E-state index in [1.807, 2.05) is 0 Å². The van der Waals surface area contributed by atoms with Gasteiger partial charge in [0, 0.05) is 12.6 Å². The number of hydrogen-bond donors (Lipinski definition) is 1. The van der Waals surface area contributed by atoms with Gasteiger partial charge in [0.1, 0.15) is 6.79 Å². The van der Waals surface area contributed by atoms with E-state index in [-0.39, 0.29) is 0 Å². The van der Waals surface area contributed by atoms with E-state index in [0.717, 1.165) is 26.1 Å². The summed E-state index contributed by atoms with van der Waals surface area (Å²) < 4.78 is 10.8. The highest BCUT2D eigenvalue weighted by atomic mass is 16.7. The van der Waals surface area contributed by atoms with Gasteiger partial charge in [0.2, 0.25) is 0 Å². The van der Waals surface area contributed by atoms with Crippen LogP contribution in [0.25, 0.3) is 0 Å². The molecule has 0 aromatic heterocycles. The SMILES string of the molecule is CN(CC1CCOCO1)C1CCCCC1CN. The largest absolute Gasteiger partial charge is 0.355 e. The molecule has 0 bridgehead atoms. The standard InChI is InChI=1S/C13H26N2O2/c1-15(9-12-6-7-16-10-17-12)13-5-3-2-4-11(13)8-14/h11-13H,2-10,14H2,1H3. The third-order valence-electron chi connectivity index (χ3n) is 4.20. The molecule has 3 atom stereocenters. The number of rotatable bonds is 4. The third kappa shape index (κ3) is 3.65. The zero-order chi connectivity index (χ0) is 12.1. The van der Waals surface area contributed by atoms with Crippen molar-refractivity contribution in [3.63, 3.8) is 0 Å². The normalized spacial score (nSPS) is 35.1. The van der Waals surface area contributed by atoms with E-state index < -0.39 is 0 Å². The molecule has 4 heteroatoms. The van der Waals surface area contributed by atoms with Crippen molar-refractivity contribution in [3.05, 3.63) is 0 Å². The van der Waals surface area contributed by atoms with Crippen molar-refractivity contribution in [1.82, 2.24) is 4.90 Å². The Morgan fingerprint density at radius 1 is 1.24 bits per heavy atom. The predicted molar refractivity (Wildman–Crippen MR) is 67.7 cm³/mol. The summed E-state index contributed by atoms with van der Waals surface area (Å²) >= 11 is 0. The zero-order valence-electron chi connectivity index (χ0n) is 10.9. The summed E-state index contributed by atoms with van der Waals surface area (Å²) in [5, 5.41) is 0. The maximum absolute atomic E-state index is 5.89. The molecule has 1 saturated heterocycles. The van der Waals surface area contributed by atoms with Crippen LogP contribution in [0.2, 0.25) is 0 Å². The molecule has 1 heterocycles. The average molecular weight is 242 g/mol. The summed E-state index contributed by atoms with van der Waals surface area (Å²) in [4.78, 5) is 2.46. The van der Waals surface area contributed by atoms with Crippen LogP contribution in [0.4, 0.5) is 0 Å². The lowest BCUT2D eigenvalue weighted by atomic mass is 9.83. The molecule has 2 aliphatic rings. The van der Waals surface area contributed by atoms with Crippen LogP contribution in [-0.4, -0.2) is 50.6 Å². The number of nitrogens with zero attached hydrogens (tertiary/aromatic N) is 1. The second-order valence-electron chi connectivity index (χ2n) is 5.39. The van der Waals surface area contributed by atoms with Gasteiger partial charge in [-0.25, -0.2) is 0 Å². The molecule has 1 aliphatic carbocycles. The highest BCUT2D eigenvalue weighted by Gasteiger charge is 2.29. The number of hydrogen-bond acceptors (Lipinski definition) is 4. The van der Waals surface area contributed by atoms with Crippen LogP contribution in [-0.2, 0) is 9.47 Å². The predicted octanol–water partition coefficient (Wildman–Crippen LogP) is 1.20. The molecule has 2 N–H and O–H groups in total. The maximum atomic E-state index is 5.89. The van der Waals surface area contributed by atoms with E-state index >= 15 is 0 Å². The molecule has 1 aliphatic heterocycles. The van der Waals surface area contributed by atoms with Crippen LogP contribution in [0.3, 0.4) is 0 Å². The van der Waals surface area contributed by atoms with Crippen molar-refractivity contribution in [2.24, 2.45) is 11.7 Å². The lowest BCUT2D eigenvalue weighted by Gasteiger charge is -2.39. The van der Waals surface area contributed by atoms with E-state index in [9.17, 15) is 0 Å². The second kappa shape index (κ2) is 6.69. The first-order valence-electron chi connectivity index (χ1n) is 6.91. The summed E-state index contributed by atoms with van der Waals surface area (Å²) in [5.41, 5.74) is 5.89. The van der Waals surface area contributed by atoms with E-state index in [1.54, 1.807) is 0 Å². The van der Waals surface area contributed by atoms with Crippen LogP contribution >= 0.6 is 0 Å². The van der Waals surface area contributed by atoms with Crippen LogP contribution in [0.1, 0.15) is 32.1 Å². The average Bonchev–Trinajstić information content (AvgIpc) is 2.40. The molecule has 0 aromatic rings. The molecule has 0 amide bonds. The van der Waals surface area contributed by atoms with Gasteiger partial charge in [0.25, 0.3) is 0 Å². The van der Waals surface area contributed by atoms with Crippen LogP contribution in [0, 0.1) is 5.92 Å². The molecule has 2 rings (SSSR count). The monoisotopic (exact) mass is 242 g/mol. The quantitative estimate of drug-likeness (QED) is 0.804. The Bertz CT molecular complexity index is 219. The summed E-state index contributed by atoms with van der Waals surface area (Å²) in [5.74, 6) is 0.675. The first kappa shape index (κ1) is 13.3. The number of likely N-dealkylation sites (N-methyl/N-ethyl adjacent to an activating group) is 1. The van der Waals surface area contributed by atoms with Gasteiger partial charge < -0.3 is 20.1 Å². The first-order chi connectivity index (χ1) is 8.31. The lowest BCUT2D eigenvalue weighted by Crippen LogP contribution is -2.47. The van der Waals surface area contributed by atoms with Crippen molar-refractivity contribution >= 4 is 0 Å². The van der Waals surface area contributed by atoms with Gasteiger partial charge in [-0.1, -0.05) is 12.8 Å². The highest BCUT2D eigenvalue weighted by molar-refractivity contribution is 4.83. The maximum Gasteiger partial charge on any atom is 0.147 e. The van der Waals surface area contributed by atoms with Gasteiger partial charge in [-0.05, 0) is 38.8 Å². The summed E-state index contributed by atoms with van der Waals surface area (Å²) in [6.07, 6.45) is 6.64. The molecule has 0 aromatic carbocycles. The Hall–Kier alpha value is -0.160. The van der Waals surface area contributed by atoms with Gasteiger partial charge >= 0.3 is 0 Å². The fraction of sp³-hybridized carbons (Fsp3) is 1.00. The minimum absolute atomic E-state index is 0.342. The lowest BCUT2D eigenvalue weighted by molar-refractivity contribution is -0.146. The summed E-state index contributed by atoms with van der Waals surface area (Å²) in [7, 11) is 2.22. The van der Waals surface area contributed by atoms with E-state index in [2.05, 4.69) is 11.9 Å². The number of ether oxygens (including phenoxy) is 2. The number of nitrogens with two attached hydrogens (primary N) is 1. The molecule has 3 unspecified atom stereocenters. The van der Waals surface area contributed by atoms with E-state index in [4.69, 9.17) is 15.2 Å². The fourth-order valence-corrected chi connectivity index (χ4v) is 3.15. The minimum Gasteiger partial charge on any atom is -0.355 e. The Kier molecular flexibility index (Phi) is 5.22. The van der Waals surface area contributed by atoms with Gasteiger partial charge in [-0.3, -0.25) is 0 Å². The third-order valence-corrected chi connectivity index (χ3v) is 4.20. The molecule has 2 fully saturated rings. The second-order valence-corrected chi connectivity index (χ2v) is 5.39. The van der Waals surface area contributed by atoms with Crippen molar-refractivity contribution in [2.75, 3.05) is 33.5 Å². The van der Waals surface area contributed by atoms with E-state index in [1.165, 1.54) is 25.7 Å². The fourth-order valence-electron chi connectivity index (χ4n) is 3.15. The van der Waals surface area contributed by atoms with Gasteiger partial charge in [0.05, 0.1) is 12.7 Å². The minimum atomic E-state index is 0.342. The molecular weight excluding hydrogens is 216 g/mol. The molecule has 0 spiro atoms. The topological polar surface area (TPSA) is 47.7 Å². The van der Waals surface area contributed by atoms with Crippen LogP contribution in [0.15, 0.2) is 0 Å². The molecule has 0 radical (unpaired) electrons. The molecular formula is C13H26N2O2. The van der Waals surface area contributed by atoms with Crippen molar-refractivity contribution in [3.8, 4) is 0 Å². The Labute approximate surface area is 104 Å². The zero-order valence-corrected chi connectivity index (χ0v) is 10.9. The highest BCUT2D eigenvalue weighted by Crippen LogP contribution is 2.27. The first-order valence-corrected chi connectivity index (χ1v) is 6.91. The van der Waals surface area contributed by atoms with Crippen LogP contribution in [0.5, 0.6) is 0 Å². The van der Waals surface area contributed by atoms with Gasteiger partial charge in [-0.2, -0.15) is 0 Å². The molecule has 4 nitrogen and oxygen atoms in total. The molecule has 1 saturated carbocycles. The van der Waals surface area contributed by atoms with E-state index in [0.29, 0.717) is 24.9 Å². The Morgan fingerprint density at radius 3 is 2.76 bits per heavy atom.